The van der Waals surface area contributed by atoms with Crippen LogP contribution in [0.15, 0.2) is 48.0 Å². The fourth-order valence-electron chi connectivity index (χ4n) is 3.70. The van der Waals surface area contributed by atoms with Crippen LogP contribution >= 0.6 is 23.3 Å². The van der Waals surface area contributed by atoms with Crippen molar-refractivity contribution in [3.63, 3.8) is 0 Å². The van der Waals surface area contributed by atoms with Gasteiger partial charge in [-0.2, -0.15) is 0 Å². The highest BCUT2D eigenvalue weighted by Gasteiger charge is 2.18. The molecule has 168 valence electrons. The maximum atomic E-state index is 12.7. The van der Waals surface area contributed by atoms with Crippen molar-refractivity contribution in [3.8, 4) is 11.3 Å². The first kappa shape index (κ1) is 22.7. The molecule has 1 amide bonds. The van der Waals surface area contributed by atoms with E-state index in [1.165, 1.54) is 16.9 Å². The molecular weight excluding hydrogens is 440 g/mol. The number of nitrogens with zero attached hydrogens (tertiary/aromatic N) is 5. The molecule has 2 aromatic heterocycles. The van der Waals surface area contributed by atoms with Crippen LogP contribution in [0, 0.1) is 0 Å². The molecule has 0 saturated carbocycles. The Bertz CT molecular complexity index is 1040. The van der Waals surface area contributed by atoms with Gasteiger partial charge < -0.3 is 9.80 Å². The summed E-state index contributed by atoms with van der Waals surface area (Å²) < 4.78 is 2.35. The van der Waals surface area contributed by atoms with Gasteiger partial charge in [0.1, 0.15) is 5.69 Å². The molecular formula is C23H28N6OS2. The zero-order chi connectivity index (χ0) is 22.5. The molecule has 0 radical (unpaired) electrons. The Kier molecular flexibility index (Phi) is 7.41. The molecule has 1 aromatic carbocycles. The molecule has 1 N–H and O–H groups in total. The number of rotatable bonds is 7. The molecule has 3 heterocycles. The van der Waals surface area contributed by atoms with Gasteiger partial charge in [0, 0.05) is 43.7 Å². The van der Waals surface area contributed by atoms with Crippen molar-refractivity contribution < 1.29 is 4.79 Å². The van der Waals surface area contributed by atoms with E-state index in [2.05, 4.69) is 47.8 Å². The second-order valence-electron chi connectivity index (χ2n) is 7.89. The van der Waals surface area contributed by atoms with Crippen molar-refractivity contribution in [2.75, 3.05) is 56.7 Å². The maximum Gasteiger partial charge on any atom is 0.276 e. The molecule has 0 bridgehead atoms. The van der Waals surface area contributed by atoms with Crippen LogP contribution in [0.3, 0.4) is 0 Å². The van der Waals surface area contributed by atoms with Gasteiger partial charge in [0.15, 0.2) is 5.13 Å². The lowest BCUT2D eigenvalue weighted by Crippen LogP contribution is -2.43. The molecule has 32 heavy (non-hydrogen) atoms. The van der Waals surface area contributed by atoms with E-state index in [9.17, 15) is 4.79 Å². The number of piperazine rings is 1. The van der Waals surface area contributed by atoms with Crippen LogP contribution in [0.1, 0.15) is 16.1 Å². The van der Waals surface area contributed by atoms with Crippen LogP contribution in [-0.2, 0) is 6.54 Å². The van der Waals surface area contributed by atoms with E-state index in [0.29, 0.717) is 10.8 Å². The first-order valence-electron chi connectivity index (χ1n) is 10.5. The SMILES string of the molecule is CSN1CCN(c2ccc(C(=O)Nc3nc(-c4ccccc4CN(C)C)cs3)nc2)CC1. The minimum atomic E-state index is -0.244. The normalized spacial score (nSPS) is 14.7. The summed E-state index contributed by atoms with van der Waals surface area (Å²) in [5.74, 6) is -0.244. The lowest BCUT2D eigenvalue weighted by Gasteiger charge is -2.34. The fourth-order valence-corrected chi connectivity index (χ4v) is 4.94. The third kappa shape index (κ3) is 5.47. The number of nitrogens with one attached hydrogen (secondary N) is 1. The number of aromatic nitrogens is 2. The first-order chi connectivity index (χ1) is 15.5. The van der Waals surface area contributed by atoms with E-state index in [-0.39, 0.29) is 5.91 Å². The summed E-state index contributed by atoms with van der Waals surface area (Å²) in [6, 6.07) is 12.0. The van der Waals surface area contributed by atoms with Crippen molar-refractivity contribution in [1.29, 1.82) is 0 Å². The second-order valence-corrected chi connectivity index (χ2v) is 9.63. The lowest BCUT2D eigenvalue weighted by molar-refractivity contribution is 0.102. The Labute approximate surface area is 197 Å². The Hall–Kier alpha value is -2.46. The molecule has 0 unspecified atom stereocenters. The average Bonchev–Trinajstić information content (AvgIpc) is 3.27. The molecule has 7 nitrogen and oxygen atoms in total. The number of amides is 1. The standard InChI is InChI=1S/C23H28N6OS2/c1-27(2)15-17-6-4-5-7-19(17)21-16-32-23(25-21)26-22(30)20-9-8-18(14-24-20)28-10-12-29(31-3)13-11-28/h4-9,14,16H,10-13,15H2,1-3H3,(H,25,26,30). The van der Waals surface area contributed by atoms with Crippen molar-refractivity contribution in [2.24, 2.45) is 0 Å². The number of carbonyl (C=O) groups is 1. The van der Waals surface area contributed by atoms with Gasteiger partial charge in [-0.1, -0.05) is 36.2 Å². The number of pyridine rings is 1. The number of benzene rings is 1. The Morgan fingerprint density at radius 3 is 2.62 bits per heavy atom. The minimum Gasteiger partial charge on any atom is -0.368 e. The third-order valence-electron chi connectivity index (χ3n) is 5.35. The highest BCUT2D eigenvalue weighted by atomic mass is 32.2. The molecule has 1 saturated heterocycles. The molecule has 1 aliphatic heterocycles. The van der Waals surface area contributed by atoms with E-state index in [1.54, 1.807) is 24.2 Å². The van der Waals surface area contributed by atoms with E-state index >= 15 is 0 Å². The summed E-state index contributed by atoms with van der Waals surface area (Å²) in [6.45, 7) is 4.80. The van der Waals surface area contributed by atoms with Gasteiger partial charge >= 0.3 is 0 Å². The van der Waals surface area contributed by atoms with E-state index < -0.39 is 0 Å². The average molecular weight is 469 g/mol. The predicted octanol–water partition coefficient (Wildman–Crippen LogP) is 3.92. The topological polar surface area (TPSA) is 64.6 Å². The first-order valence-corrected chi connectivity index (χ1v) is 12.6. The van der Waals surface area contributed by atoms with Crippen LogP contribution in [0.5, 0.6) is 0 Å². The monoisotopic (exact) mass is 468 g/mol. The maximum absolute atomic E-state index is 12.7. The molecule has 0 aliphatic carbocycles. The number of hydrogen-bond acceptors (Lipinski definition) is 8. The summed E-state index contributed by atoms with van der Waals surface area (Å²) in [5, 5.41) is 5.45. The number of thiazole rings is 1. The van der Waals surface area contributed by atoms with E-state index in [0.717, 1.165) is 49.7 Å². The summed E-state index contributed by atoms with van der Waals surface area (Å²) >= 11 is 3.21. The Balaban J connectivity index is 1.41. The van der Waals surface area contributed by atoms with Gasteiger partial charge in [-0.15, -0.1) is 11.3 Å². The molecule has 1 aliphatic rings. The molecule has 1 fully saturated rings. The number of anilines is 2. The van der Waals surface area contributed by atoms with E-state index in [4.69, 9.17) is 0 Å². The Morgan fingerprint density at radius 1 is 1.16 bits per heavy atom. The molecule has 4 rings (SSSR count). The number of carbonyl (C=O) groups excluding carboxylic acids is 1. The van der Waals surface area contributed by atoms with Crippen molar-refractivity contribution in [3.05, 3.63) is 59.2 Å². The van der Waals surface area contributed by atoms with Crippen LogP contribution in [0.4, 0.5) is 10.8 Å². The summed E-state index contributed by atoms with van der Waals surface area (Å²) in [7, 11) is 4.10. The zero-order valence-corrected chi connectivity index (χ0v) is 20.2. The lowest BCUT2D eigenvalue weighted by atomic mass is 10.1. The summed E-state index contributed by atoms with van der Waals surface area (Å²) in [5.41, 5.74) is 4.60. The summed E-state index contributed by atoms with van der Waals surface area (Å²) in [4.78, 5) is 26.2. The molecule has 0 spiro atoms. The van der Waals surface area contributed by atoms with Crippen LogP contribution < -0.4 is 10.2 Å². The fraction of sp³-hybridized carbons (Fsp3) is 0.348. The van der Waals surface area contributed by atoms with E-state index in [1.807, 2.05) is 37.7 Å². The van der Waals surface area contributed by atoms with Crippen LogP contribution in [0.2, 0.25) is 0 Å². The van der Waals surface area contributed by atoms with Crippen molar-refractivity contribution in [2.45, 2.75) is 6.54 Å². The quantitative estimate of drug-likeness (QED) is 0.527. The van der Waals surface area contributed by atoms with Gasteiger partial charge in [-0.05, 0) is 38.0 Å². The summed E-state index contributed by atoms with van der Waals surface area (Å²) in [6.07, 6.45) is 3.90. The predicted molar refractivity (Wildman–Crippen MR) is 134 cm³/mol. The van der Waals surface area contributed by atoms with Gasteiger partial charge in [0.05, 0.1) is 17.6 Å². The van der Waals surface area contributed by atoms with Crippen molar-refractivity contribution in [1.82, 2.24) is 19.2 Å². The molecule has 9 heteroatoms. The highest BCUT2D eigenvalue weighted by Crippen LogP contribution is 2.28. The largest absolute Gasteiger partial charge is 0.368 e. The van der Waals surface area contributed by atoms with Crippen LogP contribution in [-0.4, -0.2) is 71.6 Å². The molecule has 3 aromatic rings. The zero-order valence-electron chi connectivity index (χ0n) is 18.6. The minimum absolute atomic E-state index is 0.244. The third-order valence-corrected chi connectivity index (χ3v) is 6.99. The van der Waals surface area contributed by atoms with Gasteiger partial charge in [-0.25, -0.2) is 14.3 Å². The van der Waals surface area contributed by atoms with Crippen LogP contribution in [0.25, 0.3) is 11.3 Å². The smallest absolute Gasteiger partial charge is 0.276 e. The highest BCUT2D eigenvalue weighted by molar-refractivity contribution is 7.96. The van der Waals surface area contributed by atoms with Crippen molar-refractivity contribution >= 4 is 40.0 Å². The number of hydrogen-bond donors (Lipinski definition) is 1. The Morgan fingerprint density at radius 2 is 1.94 bits per heavy atom. The van der Waals surface area contributed by atoms with Gasteiger partial charge in [0.2, 0.25) is 0 Å². The van der Waals surface area contributed by atoms with Gasteiger partial charge in [0.25, 0.3) is 5.91 Å². The second kappa shape index (κ2) is 10.4. The van der Waals surface area contributed by atoms with Gasteiger partial charge in [-0.3, -0.25) is 10.1 Å². The molecule has 0 atom stereocenters.